The molecule has 1 amide bonds. The minimum atomic E-state index is -3.14. The number of aliphatic hydroxyl groups excluding tert-OH is 22. The molecule has 0 aromatic heterocycles. The van der Waals surface area contributed by atoms with Crippen molar-refractivity contribution in [3.05, 3.63) is 0 Å². The van der Waals surface area contributed by atoms with Crippen molar-refractivity contribution in [2.75, 3.05) is 46.2 Å². The topological polar surface area (TPSA) is 631 Å². The molecule has 0 spiro atoms. The Morgan fingerprint density at radius 1 is 0.494 bits per heavy atom. The van der Waals surface area contributed by atoms with Crippen LogP contribution in [-0.4, -0.2) is 390 Å². The Balaban J connectivity index is 1.21. The van der Waals surface area contributed by atoms with Gasteiger partial charge in [0.05, 0.1) is 58.5 Å². The first kappa shape index (κ1) is 72.0. The number of hydrogen-bond donors (Lipinski definition) is 24. The van der Waals surface area contributed by atoms with Gasteiger partial charge in [-0.15, -0.1) is 0 Å². The summed E-state index contributed by atoms with van der Waals surface area (Å²) in [6.45, 7) is -5.22. The van der Waals surface area contributed by atoms with Gasteiger partial charge in [0.15, 0.2) is 37.7 Å². The van der Waals surface area contributed by atoms with Crippen LogP contribution in [0.2, 0.25) is 0 Å². The van der Waals surface area contributed by atoms with Crippen LogP contribution in [0.4, 0.5) is 0 Å². The molecule has 39 heteroatoms. The third-order valence-corrected chi connectivity index (χ3v) is 16.3. The van der Waals surface area contributed by atoms with E-state index in [0.29, 0.717) is 0 Å². The number of ether oxygens (including phenoxy) is 13. The fourth-order valence-electron chi connectivity index (χ4n) is 11.2. The van der Waals surface area contributed by atoms with Crippen LogP contribution in [0, 0.1) is 5.92 Å². The molecule has 7 fully saturated rings. The Hall–Kier alpha value is -2.46. The zero-order chi connectivity index (χ0) is 64.4. The SMILES string of the molecule is CC(=O)NC1[C@H](O[C@@H]2C(O)[C@H](O[C@@H]3C(CO)O[C@@H](O)C(O)[C@H]3O)OC(CO)[C@@H]2O)OC(CO[C@@H]2OC(CO)[C@@H](O[C@@H]3OC(CO)[C@H](O)[C@H](O)C3O)[C@H](O)C2O)[C@@H](O[C@@H]2O[C@@H](CO)[C@H](O)C(O[C@]3(C(=O)O)C[C@@H](O)[C@@H](C)C(C(O)C(O)CO)O3)C2O)[C@@H]1O. The highest BCUT2D eigenvalue weighted by molar-refractivity contribution is 5.76. The van der Waals surface area contributed by atoms with E-state index >= 15 is 0 Å². The molecule has 0 saturated carbocycles. The van der Waals surface area contributed by atoms with Gasteiger partial charge in [0, 0.05) is 19.3 Å². The van der Waals surface area contributed by atoms with Crippen LogP contribution in [0.15, 0.2) is 0 Å². The lowest BCUT2D eigenvalue weighted by Gasteiger charge is -2.51. The standard InChI is InChI=1S/C48H81NO38/c1-11-13(57)3-48(47(73)74,86-35(11)22(59)14(58)4-50)87-40-25(62)17(7-53)79-46(34(40)71)84-38-20(10-75-43-32(69)29(66)37(19(9-55)80-43)82-44-31(68)27(64)23(60)15(5-51)77-44)81-42(21(26(38)63)49-12(2)56)85-39-24(61)16(6-52)78-45(33(39)70)83-36-18(8-54)76-41(72)30(67)28(36)65/h11,13-46,50-55,57-72H,3-10H2,1-2H3,(H,49,56)(H,73,74)/t11-,13-,14?,15?,16?,17+,18?,19?,20?,21?,22?,23+,24+,25+,26-,27+,28-,29-,30?,31?,32?,33?,34?,35?,36-,37-,38-,39+,40?,41-,42+,43-,44+,45+,46+,48+/m1/s1. The Morgan fingerprint density at radius 3 is 1.45 bits per heavy atom. The van der Waals surface area contributed by atoms with Crippen molar-refractivity contribution in [2.24, 2.45) is 5.92 Å². The van der Waals surface area contributed by atoms with Gasteiger partial charge in [-0.05, 0) is 0 Å². The first-order valence-corrected chi connectivity index (χ1v) is 27.6. The number of carboxylic acid groups (broad SMARTS) is 1. The first-order chi connectivity index (χ1) is 41.0. The lowest BCUT2D eigenvalue weighted by molar-refractivity contribution is -0.394. The highest BCUT2D eigenvalue weighted by Gasteiger charge is 2.61. The summed E-state index contributed by atoms with van der Waals surface area (Å²) in [5.74, 6) is -7.35. The molecule has 24 N–H and O–H groups in total. The van der Waals surface area contributed by atoms with Crippen LogP contribution in [0.1, 0.15) is 20.3 Å². The van der Waals surface area contributed by atoms with E-state index in [-0.39, 0.29) is 0 Å². The van der Waals surface area contributed by atoms with Gasteiger partial charge >= 0.3 is 5.97 Å². The van der Waals surface area contributed by atoms with Crippen LogP contribution < -0.4 is 5.32 Å². The molecule has 7 heterocycles. The molecule has 36 atom stereocenters. The molecule has 87 heavy (non-hydrogen) atoms. The Labute approximate surface area is 491 Å². The van der Waals surface area contributed by atoms with E-state index in [0.717, 1.165) is 6.92 Å². The number of amides is 1. The van der Waals surface area contributed by atoms with Gasteiger partial charge in [-0.2, -0.15) is 0 Å². The summed E-state index contributed by atoms with van der Waals surface area (Å²) in [5.41, 5.74) is 0. The summed E-state index contributed by atoms with van der Waals surface area (Å²) >= 11 is 0. The van der Waals surface area contributed by atoms with Gasteiger partial charge in [-0.3, -0.25) is 4.79 Å². The van der Waals surface area contributed by atoms with E-state index in [1.54, 1.807) is 0 Å². The molecule has 0 aliphatic carbocycles. The van der Waals surface area contributed by atoms with Gasteiger partial charge in [-0.25, -0.2) is 4.79 Å². The third kappa shape index (κ3) is 15.1. The van der Waals surface area contributed by atoms with Gasteiger partial charge in [0.2, 0.25) is 5.91 Å². The number of carboxylic acids is 1. The highest BCUT2D eigenvalue weighted by Crippen LogP contribution is 2.41. The number of hydrogen-bond acceptors (Lipinski definition) is 37. The van der Waals surface area contributed by atoms with Gasteiger partial charge in [0.25, 0.3) is 5.79 Å². The van der Waals surface area contributed by atoms with Crippen molar-refractivity contribution >= 4 is 11.9 Å². The molecular weight excluding hydrogens is 1200 g/mol. The van der Waals surface area contributed by atoms with Crippen molar-refractivity contribution in [1.29, 1.82) is 0 Å². The van der Waals surface area contributed by atoms with E-state index in [1.165, 1.54) is 6.92 Å². The summed E-state index contributed by atoms with van der Waals surface area (Å²) < 4.78 is 74.4. The maximum absolute atomic E-state index is 13.1. The smallest absolute Gasteiger partial charge is 0.364 e. The summed E-state index contributed by atoms with van der Waals surface area (Å²) in [6, 6.07) is -2.02. The molecule has 0 aromatic rings. The zero-order valence-electron chi connectivity index (χ0n) is 46.3. The molecule has 7 saturated heterocycles. The van der Waals surface area contributed by atoms with Crippen LogP contribution in [0.25, 0.3) is 0 Å². The number of rotatable bonds is 23. The monoisotopic (exact) mass is 1280 g/mol. The molecule has 0 radical (unpaired) electrons. The fourth-order valence-corrected chi connectivity index (χ4v) is 11.2. The summed E-state index contributed by atoms with van der Waals surface area (Å²) in [4.78, 5) is 26.1. The van der Waals surface area contributed by atoms with Crippen molar-refractivity contribution < 1.29 is 189 Å². The van der Waals surface area contributed by atoms with Crippen LogP contribution in [0.5, 0.6) is 0 Å². The maximum atomic E-state index is 13.1. The van der Waals surface area contributed by atoms with Crippen LogP contribution >= 0.6 is 0 Å². The zero-order valence-corrected chi connectivity index (χ0v) is 46.3. The molecule has 0 aromatic carbocycles. The largest absolute Gasteiger partial charge is 0.477 e. The predicted octanol–water partition coefficient (Wildman–Crippen LogP) is -15.7. The first-order valence-electron chi connectivity index (χ1n) is 27.6. The van der Waals surface area contributed by atoms with Crippen LogP contribution in [-0.2, 0) is 71.2 Å². The second kappa shape index (κ2) is 30.5. The average molecular weight is 1280 g/mol. The normalized spacial score (nSPS) is 49.8. The Kier molecular flexibility index (Phi) is 25.3. The van der Waals surface area contributed by atoms with Crippen molar-refractivity contribution in [3.63, 3.8) is 0 Å². The van der Waals surface area contributed by atoms with E-state index < -0.39 is 285 Å². The van der Waals surface area contributed by atoms with Gasteiger partial charge in [0.1, 0.15) is 159 Å². The molecule has 39 nitrogen and oxygen atoms in total. The molecule has 7 aliphatic heterocycles. The number of carbonyl (C=O) groups is 2. The van der Waals surface area contributed by atoms with E-state index in [4.69, 9.17) is 61.6 Å². The van der Waals surface area contributed by atoms with Crippen LogP contribution in [0.3, 0.4) is 0 Å². The molecule has 506 valence electrons. The average Bonchev–Trinajstić information content (AvgIpc) is 1.29. The Morgan fingerprint density at radius 2 is 0.931 bits per heavy atom. The minimum Gasteiger partial charge on any atom is -0.477 e. The molecule has 7 rings (SSSR count). The number of aliphatic hydroxyl groups is 22. The fraction of sp³-hybridized carbons (Fsp3) is 0.958. The minimum absolute atomic E-state index is 0.906. The summed E-state index contributed by atoms with van der Waals surface area (Å²) in [7, 11) is 0. The van der Waals surface area contributed by atoms with E-state index in [2.05, 4.69) is 5.32 Å². The highest BCUT2D eigenvalue weighted by atomic mass is 16.8. The predicted molar refractivity (Wildman–Crippen MR) is 264 cm³/mol. The molecular formula is C48H81NO38. The number of carbonyl (C=O) groups excluding carboxylic acids is 1. The second-order valence-corrected chi connectivity index (χ2v) is 22.1. The summed E-state index contributed by atoms with van der Waals surface area (Å²) in [6.07, 6.45) is -68.5. The molecule has 15 unspecified atom stereocenters. The second-order valence-electron chi connectivity index (χ2n) is 22.1. The Bertz CT molecular complexity index is 2160. The quantitative estimate of drug-likeness (QED) is 0.0452. The van der Waals surface area contributed by atoms with E-state index in [9.17, 15) is 127 Å². The molecule has 0 bridgehead atoms. The lowest BCUT2D eigenvalue weighted by Crippen LogP contribution is -2.70. The molecule has 7 aliphatic rings. The number of nitrogens with one attached hydrogen (secondary N) is 1. The van der Waals surface area contributed by atoms with Gasteiger partial charge in [-0.1, -0.05) is 6.92 Å². The van der Waals surface area contributed by atoms with Crippen molar-refractivity contribution in [2.45, 2.75) is 235 Å². The van der Waals surface area contributed by atoms with Crippen molar-refractivity contribution in [1.82, 2.24) is 5.32 Å². The summed E-state index contributed by atoms with van der Waals surface area (Å²) in [5, 5.41) is 250. The van der Waals surface area contributed by atoms with Crippen molar-refractivity contribution in [3.8, 4) is 0 Å². The van der Waals surface area contributed by atoms with E-state index in [1.807, 2.05) is 0 Å². The number of aliphatic carboxylic acids is 1. The maximum Gasteiger partial charge on any atom is 0.364 e. The van der Waals surface area contributed by atoms with Gasteiger partial charge < -0.3 is 184 Å². The third-order valence-electron chi connectivity index (χ3n) is 16.3. The lowest BCUT2D eigenvalue weighted by atomic mass is 9.84.